The molecule has 9 nitrogen and oxygen atoms in total. The topological polar surface area (TPSA) is 110 Å². The van der Waals surface area contributed by atoms with Crippen molar-refractivity contribution in [2.45, 2.75) is 49.3 Å². The molecule has 1 spiro atoms. The summed E-state index contributed by atoms with van der Waals surface area (Å²) in [5.74, 6) is 0.166. The zero-order chi connectivity index (χ0) is 23.5. The van der Waals surface area contributed by atoms with Gasteiger partial charge >= 0.3 is 0 Å². The molecule has 0 unspecified atom stereocenters. The van der Waals surface area contributed by atoms with E-state index >= 15 is 0 Å². The fourth-order valence-corrected chi connectivity index (χ4v) is 5.57. The van der Waals surface area contributed by atoms with E-state index in [1.807, 2.05) is 41.0 Å². The van der Waals surface area contributed by atoms with Crippen LogP contribution in [0.15, 0.2) is 58.3 Å². The normalized spacial score (nSPS) is 17.7. The molecule has 10 heteroatoms. The van der Waals surface area contributed by atoms with Crippen molar-refractivity contribution in [3.8, 4) is 11.6 Å². The third kappa shape index (κ3) is 4.25. The SMILES string of the molecule is O=C1CN(C(=O)CSc2nnc(-c3ccco3)n2Cc2ccccc2)C2(CCCCC2)C(=O)N1. The molecule has 3 aromatic rings. The van der Waals surface area contributed by atoms with Gasteiger partial charge < -0.3 is 9.32 Å². The van der Waals surface area contributed by atoms with Gasteiger partial charge in [-0.15, -0.1) is 10.2 Å². The Hall–Kier alpha value is -3.40. The van der Waals surface area contributed by atoms with Crippen molar-refractivity contribution >= 4 is 29.5 Å². The number of imide groups is 1. The summed E-state index contributed by atoms with van der Waals surface area (Å²) in [6, 6.07) is 13.5. The molecule has 1 aliphatic heterocycles. The predicted octanol–water partition coefficient (Wildman–Crippen LogP) is 2.87. The fraction of sp³-hybridized carbons (Fsp3) is 0.375. The summed E-state index contributed by atoms with van der Waals surface area (Å²) in [7, 11) is 0. The minimum absolute atomic E-state index is 0.0490. The van der Waals surface area contributed by atoms with Gasteiger partial charge in [0.05, 0.1) is 18.6 Å². The van der Waals surface area contributed by atoms with Gasteiger partial charge in [-0.25, -0.2) is 0 Å². The van der Waals surface area contributed by atoms with Gasteiger partial charge in [0.2, 0.25) is 17.6 Å². The van der Waals surface area contributed by atoms with Crippen LogP contribution in [-0.4, -0.2) is 55.2 Å². The van der Waals surface area contributed by atoms with Gasteiger partial charge in [-0.05, 0) is 30.5 Å². The van der Waals surface area contributed by atoms with Gasteiger partial charge in [0.15, 0.2) is 10.9 Å². The first kappa shape index (κ1) is 22.4. The zero-order valence-corrected chi connectivity index (χ0v) is 19.4. The minimum atomic E-state index is -0.930. The Morgan fingerprint density at radius 2 is 1.85 bits per heavy atom. The lowest BCUT2D eigenvalue weighted by molar-refractivity contribution is -0.158. The van der Waals surface area contributed by atoms with E-state index in [1.54, 1.807) is 12.3 Å². The Balaban J connectivity index is 1.38. The lowest BCUT2D eigenvalue weighted by Crippen LogP contribution is -2.69. The maximum Gasteiger partial charge on any atom is 0.252 e. The number of furan rings is 1. The monoisotopic (exact) mass is 479 g/mol. The molecule has 34 heavy (non-hydrogen) atoms. The molecule has 1 N–H and O–H groups in total. The first-order valence-corrected chi connectivity index (χ1v) is 12.3. The summed E-state index contributed by atoms with van der Waals surface area (Å²) in [5, 5.41) is 11.6. The van der Waals surface area contributed by atoms with Crippen molar-refractivity contribution in [2.75, 3.05) is 12.3 Å². The summed E-state index contributed by atoms with van der Waals surface area (Å²) in [5.41, 5.74) is 0.128. The fourth-order valence-electron chi connectivity index (χ4n) is 4.76. The van der Waals surface area contributed by atoms with Crippen molar-refractivity contribution in [3.63, 3.8) is 0 Å². The number of nitrogens with zero attached hydrogens (tertiary/aromatic N) is 4. The van der Waals surface area contributed by atoms with E-state index in [-0.39, 0.29) is 24.1 Å². The molecular weight excluding hydrogens is 454 g/mol. The summed E-state index contributed by atoms with van der Waals surface area (Å²) in [6.07, 6.45) is 5.48. The van der Waals surface area contributed by atoms with E-state index in [0.717, 1.165) is 24.8 Å². The van der Waals surface area contributed by atoms with Gasteiger partial charge in [0.25, 0.3) is 5.91 Å². The van der Waals surface area contributed by atoms with Crippen LogP contribution in [-0.2, 0) is 20.9 Å². The smallest absolute Gasteiger partial charge is 0.252 e. The number of thioether (sulfide) groups is 1. The van der Waals surface area contributed by atoms with E-state index in [9.17, 15) is 14.4 Å². The van der Waals surface area contributed by atoms with Crippen LogP contribution >= 0.6 is 11.8 Å². The van der Waals surface area contributed by atoms with Crippen LogP contribution in [0.2, 0.25) is 0 Å². The van der Waals surface area contributed by atoms with E-state index in [0.29, 0.717) is 36.1 Å². The number of benzene rings is 1. The molecule has 2 aliphatic rings. The zero-order valence-electron chi connectivity index (χ0n) is 18.6. The second-order valence-electron chi connectivity index (χ2n) is 8.59. The van der Waals surface area contributed by atoms with Crippen LogP contribution < -0.4 is 5.32 Å². The molecule has 1 saturated heterocycles. The molecule has 2 fully saturated rings. The number of carbonyl (C=O) groups is 3. The van der Waals surface area contributed by atoms with Crippen LogP contribution in [0.25, 0.3) is 11.6 Å². The average Bonchev–Trinajstić information content (AvgIpc) is 3.51. The first-order chi connectivity index (χ1) is 16.6. The Morgan fingerprint density at radius 1 is 1.06 bits per heavy atom. The van der Waals surface area contributed by atoms with E-state index in [4.69, 9.17) is 4.42 Å². The molecule has 1 aliphatic carbocycles. The number of nitrogens with one attached hydrogen (secondary N) is 1. The summed E-state index contributed by atoms with van der Waals surface area (Å²) in [6.45, 7) is 0.411. The highest BCUT2D eigenvalue weighted by Gasteiger charge is 2.50. The number of piperazine rings is 1. The molecule has 1 aromatic carbocycles. The molecular formula is C24H25N5O4S. The highest BCUT2D eigenvalue weighted by atomic mass is 32.2. The Bertz CT molecular complexity index is 1190. The summed E-state index contributed by atoms with van der Waals surface area (Å²) >= 11 is 1.25. The van der Waals surface area contributed by atoms with E-state index < -0.39 is 11.4 Å². The predicted molar refractivity (Wildman–Crippen MR) is 125 cm³/mol. The Kier molecular flexibility index (Phi) is 6.23. The second-order valence-corrected chi connectivity index (χ2v) is 9.54. The number of amides is 3. The number of hydrogen-bond acceptors (Lipinski definition) is 7. The average molecular weight is 480 g/mol. The van der Waals surface area contributed by atoms with Crippen molar-refractivity contribution in [1.29, 1.82) is 0 Å². The third-order valence-corrected chi connectivity index (χ3v) is 7.39. The number of rotatable bonds is 6. The number of aromatic nitrogens is 3. The lowest BCUT2D eigenvalue weighted by Gasteiger charge is -2.47. The van der Waals surface area contributed by atoms with Crippen molar-refractivity contribution in [3.05, 3.63) is 54.3 Å². The minimum Gasteiger partial charge on any atom is -0.461 e. The van der Waals surface area contributed by atoms with Crippen molar-refractivity contribution in [1.82, 2.24) is 25.0 Å². The van der Waals surface area contributed by atoms with Crippen LogP contribution in [0.3, 0.4) is 0 Å². The van der Waals surface area contributed by atoms with Gasteiger partial charge in [0, 0.05) is 0 Å². The van der Waals surface area contributed by atoms with Gasteiger partial charge in [-0.1, -0.05) is 61.4 Å². The molecule has 3 heterocycles. The molecule has 2 aromatic heterocycles. The summed E-state index contributed by atoms with van der Waals surface area (Å²) < 4.78 is 7.45. The van der Waals surface area contributed by atoms with Gasteiger partial charge in [-0.2, -0.15) is 0 Å². The molecule has 3 amide bonds. The van der Waals surface area contributed by atoms with Crippen LogP contribution in [0.5, 0.6) is 0 Å². The quantitative estimate of drug-likeness (QED) is 0.428. The van der Waals surface area contributed by atoms with E-state index in [1.165, 1.54) is 16.7 Å². The number of hydrogen-bond donors (Lipinski definition) is 1. The number of carbonyl (C=O) groups excluding carboxylic acids is 3. The third-order valence-electron chi connectivity index (χ3n) is 6.44. The van der Waals surface area contributed by atoms with Crippen molar-refractivity contribution in [2.24, 2.45) is 0 Å². The molecule has 5 rings (SSSR count). The first-order valence-electron chi connectivity index (χ1n) is 11.4. The second kappa shape index (κ2) is 9.46. The van der Waals surface area contributed by atoms with E-state index in [2.05, 4.69) is 15.5 Å². The lowest BCUT2D eigenvalue weighted by atomic mass is 9.78. The van der Waals surface area contributed by atoms with Crippen LogP contribution in [0, 0.1) is 0 Å². The highest BCUT2D eigenvalue weighted by Crippen LogP contribution is 2.36. The standard InChI is InChI=1S/C24H25N5O4S/c30-19-15-29(24(22(32)25-19)11-5-2-6-12-24)20(31)16-34-23-27-26-21(18-10-7-13-33-18)28(23)14-17-8-3-1-4-9-17/h1,3-4,7-10,13H,2,5-6,11-12,14-16H2,(H,25,30,32). The molecule has 1 saturated carbocycles. The molecule has 0 atom stereocenters. The largest absolute Gasteiger partial charge is 0.461 e. The summed E-state index contributed by atoms with van der Waals surface area (Å²) in [4.78, 5) is 39.7. The molecule has 176 valence electrons. The molecule has 0 bridgehead atoms. The van der Waals surface area contributed by atoms with Crippen molar-refractivity contribution < 1.29 is 18.8 Å². The van der Waals surface area contributed by atoms with Crippen LogP contribution in [0.4, 0.5) is 0 Å². The Morgan fingerprint density at radius 3 is 2.59 bits per heavy atom. The molecule has 0 radical (unpaired) electrons. The Labute approximate surface area is 200 Å². The van der Waals surface area contributed by atoms with Gasteiger partial charge in [-0.3, -0.25) is 24.3 Å². The highest BCUT2D eigenvalue weighted by molar-refractivity contribution is 7.99. The van der Waals surface area contributed by atoms with Gasteiger partial charge in [0.1, 0.15) is 12.1 Å². The van der Waals surface area contributed by atoms with Crippen LogP contribution in [0.1, 0.15) is 37.7 Å². The maximum absolute atomic E-state index is 13.3. The maximum atomic E-state index is 13.3.